The topological polar surface area (TPSA) is 96.2 Å². The van der Waals surface area contributed by atoms with Crippen LogP contribution in [-0.2, 0) is 0 Å². The zero-order chi connectivity index (χ0) is 19.5. The molecule has 28 heavy (non-hydrogen) atoms. The Morgan fingerprint density at radius 3 is 2.86 bits per heavy atom. The van der Waals surface area contributed by atoms with Gasteiger partial charge in [0.25, 0.3) is 5.91 Å². The van der Waals surface area contributed by atoms with Crippen molar-refractivity contribution in [3.05, 3.63) is 54.4 Å². The lowest BCUT2D eigenvalue weighted by molar-refractivity contribution is 0.0964. The second-order valence-electron chi connectivity index (χ2n) is 7.26. The number of carbonyl (C=O) groups excluding carboxylic acids is 1. The van der Waals surface area contributed by atoms with Crippen LogP contribution >= 0.6 is 0 Å². The van der Waals surface area contributed by atoms with Crippen LogP contribution in [0.5, 0.6) is 0 Å². The Kier molecular flexibility index (Phi) is 4.97. The molecule has 0 radical (unpaired) electrons. The number of nitrogen functional groups attached to an aromatic ring is 1. The molecule has 4 N–H and O–H groups in total. The average Bonchev–Trinajstić information content (AvgIpc) is 2.72. The predicted octanol–water partition coefficient (Wildman–Crippen LogP) is 3.21. The molecule has 1 fully saturated rings. The zero-order valence-corrected chi connectivity index (χ0v) is 15.9. The molecule has 0 spiro atoms. The van der Waals surface area contributed by atoms with Gasteiger partial charge in [0, 0.05) is 18.7 Å². The molecule has 0 aliphatic carbocycles. The lowest BCUT2D eigenvalue weighted by Gasteiger charge is -2.32. The number of hydrazine groups is 1. The highest BCUT2D eigenvalue weighted by atomic mass is 16.2. The number of fused-ring (bicyclic) bond motifs is 1. The molecule has 1 atom stereocenters. The first-order chi connectivity index (χ1) is 13.6. The number of carbonyl (C=O) groups is 1. The SMILES string of the molecule is CC1CCCN(c2ncnc(NNC(=O)c3cccc4ccccc34)c2N)C1. The number of rotatable bonds is 4. The summed E-state index contributed by atoms with van der Waals surface area (Å²) in [5, 5.41) is 1.90. The summed E-state index contributed by atoms with van der Waals surface area (Å²) < 4.78 is 0. The molecule has 0 bridgehead atoms. The van der Waals surface area contributed by atoms with E-state index in [9.17, 15) is 4.79 Å². The van der Waals surface area contributed by atoms with Gasteiger partial charge in [-0.05, 0) is 35.6 Å². The third-order valence-corrected chi connectivity index (χ3v) is 5.15. The van der Waals surface area contributed by atoms with Crippen LogP contribution in [0.4, 0.5) is 17.3 Å². The maximum Gasteiger partial charge on any atom is 0.270 e. The first kappa shape index (κ1) is 18.0. The Bertz CT molecular complexity index is 1000. The van der Waals surface area contributed by atoms with Gasteiger partial charge in [0.15, 0.2) is 11.6 Å². The van der Waals surface area contributed by atoms with Crippen LogP contribution in [0.25, 0.3) is 10.8 Å². The molecule has 1 unspecified atom stereocenters. The Balaban J connectivity index is 1.52. The van der Waals surface area contributed by atoms with Crippen LogP contribution < -0.4 is 21.5 Å². The van der Waals surface area contributed by atoms with Crippen LogP contribution in [0.2, 0.25) is 0 Å². The number of nitrogens with one attached hydrogen (secondary N) is 2. The molecule has 3 aromatic rings. The Morgan fingerprint density at radius 1 is 1.18 bits per heavy atom. The summed E-state index contributed by atoms with van der Waals surface area (Å²) in [6, 6.07) is 13.4. The van der Waals surface area contributed by atoms with E-state index in [1.165, 1.54) is 12.7 Å². The van der Waals surface area contributed by atoms with Crippen molar-refractivity contribution in [1.82, 2.24) is 15.4 Å². The van der Waals surface area contributed by atoms with Crippen LogP contribution in [-0.4, -0.2) is 29.0 Å². The molecule has 2 aromatic carbocycles. The Morgan fingerprint density at radius 2 is 2.00 bits per heavy atom. The van der Waals surface area contributed by atoms with Crippen LogP contribution in [0.15, 0.2) is 48.8 Å². The lowest BCUT2D eigenvalue weighted by atomic mass is 10.0. The van der Waals surface area contributed by atoms with E-state index in [1.807, 2.05) is 36.4 Å². The second kappa shape index (κ2) is 7.72. The third kappa shape index (κ3) is 3.55. The molecule has 1 aliphatic rings. The van der Waals surface area contributed by atoms with E-state index in [-0.39, 0.29) is 5.91 Å². The summed E-state index contributed by atoms with van der Waals surface area (Å²) in [7, 11) is 0. The van der Waals surface area contributed by atoms with E-state index in [1.54, 1.807) is 6.07 Å². The number of piperidine rings is 1. The molecular formula is C21H24N6O. The molecule has 7 nitrogen and oxygen atoms in total. The van der Waals surface area contributed by atoms with Crippen molar-refractivity contribution in [1.29, 1.82) is 0 Å². The number of amides is 1. The Hall–Kier alpha value is -3.35. The summed E-state index contributed by atoms with van der Waals surface area (Å²) in [5.74, 6) is 1.47. The Labute approximate surface area is 163 Å². The van der Waals surface area contributed by atoms with E-state index in [0.29, 0.717) is 28.8 Å². The summed E-state index contributed by atoms with van der Waals surface area (Å²) >= 11 is 0. The van der Waals surface area contributed by atoms with Crippen molar-refractivity contribution in [2.45, 2.75) is 19.8 Å². The largest absolute Gasteiger partial charge is 0.393 e. The van der Waals surface area contributed by atoms with E-state index < -0.39 is 0 Å². The van der Waals surface area contributed by atoms with E-state index in [2.05, 4.69) is 32.6 Å². The highest BCUT2D eigenvalue weighted by molar-refractivity contribution is 6.07. The van der Waals surface area contributed by atoms with Crippen molar-refractivity contribution in [2.75, 3.05) is 29.1 Å². The van der Waals surface area contributed by atoms with Gasteiger partial charge in [-0.2, -0.15) is 0 Å². The average molecular weight is 376 g/mol. The minimum Gasteiger partial charge on any atom is -0.393 e. The fraction of sp³-hybridized carbons (Fsp3) is 0.286. The second-order valence-corrected chi connectivity index (χ2v) is 7.26. The summed E-state index contributed by atoms with van der Waals surface area (Å²) in [6.45, 7) is 4.07. The molecule has 7 heteroatoms. The van der Waals surface area contributed by atoms with Crippen LogP contribution in [0, 0.1) is 5.92 Å². The van der Waals surface area contributed by atoms with Crippen molar-refractivity contribution in [2.24, 2.45) is 5.92 Å². The number of anilines is 3. The predicted molar refractivity (Wildman–Crippen MR) is 112 cm³/mol. The summed E-state index contributed by atoms with van der Waals surface area (Å²) in [4.78, 5) is 23.4. The van der Waals surface area contributed by atoms with Gasteiger partial charge in [-0.3, -0.25) is 15.6 Å². The fourth-order valence-corrected chi connectivity index (χ4v) is 3.73. The van der Waals surface area contributed by atoms with Gasteiger partial charge in [-0.15, -0.1) is 0 Å². The van der Waals surface area contributed by atoms with Crippen LogP contribution in [0.3, 0.4) is 0 Å². The van der Waals surface area contributed by atoms with Gasteiger partial charge >= 0.3 is 0 Å². The molecule has 2 heterocycles. The van der Waals surface area contributed by atoms with Crippen molar-refractivity contribution in [3.8, 4) is 0 Å². The van der Waals surface area contributed by atoms with Crippen molar-refractivity contribution < 1.29 is 4.79 Å². The van der Waals surface area contributed by atoms with Gasteiger partial charge in [0.2, 0.25) is 0 Å². The quantitative estimate of drug-likeness (QED) is 0.605. The summed E-state index contributed by atoms with van der Waals surface area (Å²) in [5.41, 5.74) is 12.9. The van der Waals surface area contributed by atoms with Gasteiger partial charge in [0.1, 0.15) is 12.0 Å². The highest BCUT2D eigenvalue weighted by Gasteiger charge is 2.21. The van der Waals surface area contributed by atoms with Crippen molar-refractivity contribution in [3.63, 3.8) is 0 Å². The van der Waals surface area contributed by atoms with Crippen molar-refractivity contribution >= 4 is 34.0 Å². The van der Waals surface area contributed by atoms with Gasteiger partial charge in [-0.1, -0.05) is 43.3 Å². The van der Waals surface area contributed by atoms with E-state index in [0.717, 1.165) is 30.3 Å². The third-order valence-electron chi connectivity index (χ3n) is 5.15. The summed E-state index contributed by atoms with van der Waals surface area (Å²) in [6.07, 6.45) is 3.80. The van der Waals surface area contributed by atoms with Crippen LogP contribution in [0.1, 0.15) is 30.1 Å². The molecule has 144 valence electrons. The molecule has 1 aliphatic heterocycles. The lowest BCUT2D eigenvalue weighted by Crippen LogP contribution is -2.36. The minimum absolute atomic E-state index is 0.247. The number of hydrogen-bond acceptors (Lipinski definition) is 6. The maximum atomic E-state index is 12.7. The highest BCUT2D eigenvalue weighted by Crippen LogP contribution is 2.29. The van der Waals surface area contributed by atoms with Gasteiger partial charge in [0.05, 0.1) is 0 Å². The molecule has 1 aromatic heterocycles. The number of aromatic nitrogens is 2. The maximum absolute atomic E-state index is 12.7. The normalized spacial score (nSPS) is 16.8. The number of nitrogens with zero attached hydrogens (tertiary/aromatic N) is 3. The molecular weight excluding hydrogens is 352 g/mol. The van der Waals surface area contributed by atoms with Gasteiger partial charge in [-0.25, -0.2) is 9.97 Å². The monoisotopic (exact) mass is 376 g/mol. The van der Waals surface area contributed by atoms with E-state index >= 15 is 0 Å². The molecule has 1 saturated heterocycles. The number of nitrogens with two attached hydrogens (primary N) is 1. The first-order valence-corrected chi connectivity index (χ1v) is 9.53. The molecule has 4 rings (SSSR count). The van der Waals surface area contributed by atoms with Gasteiger partial charge < -0.3 is 10.6 Å². The smallest absolute Gasteiger partial charge is 0.270 e. The number of hydrogen-bond donors (Lipinski definition) is 3. The first-order valence-electron chi connectivity index (χ1n) is 9.53. The minimum atomic E-state index is -0.247. The van der Waals surface area contributed by atoms with E-state index in [4.69, 9.17) is 5.73 Å². The fourth-order valence-electron chi connectivity index (χ4n) is 3.73. The zero-order valence-electron chi connectivity index (χ0n) is 15.9. The molecule has 0 saturated carbocycles. The number of benzene rings is 2. The standard InChI is InChI=1S/C21H24N6O/c1-14-6-5-11-27(12-14)20-18(22)19(23-13-24-20)25-26-21(28)17-10-4-8-15-7-2-3-9-16(15)17/h2-4,7-10,13-14H,5-6,11-12,22H2,1H3,(H,26,28)(H,23,24,25). The molecule has 1 amide bonds.